The molecule has 0 saturated heterocycles. The van der Waals surface area contributed by atoms with Crippen LogP contribution in [0.1, 0.15) is 27.9 Å². The van der Waals surface area contributed by atoms with E-state index in [4.69, 9.17) is 0 Å². The topological polar surface area (TPSA) is 96.9 Å². The molecule has 0 heterocycles. The van der Waals surface area contributed by atoms with E-state index in [1.165, 1.54) is 31.5 Å². The first-order valence-corrected chi connectivity index (χ1v) is 8.16. The first-order valence-electron chi connectivity index (χ1n) is 8.16. The Bertz CT molecular complexity index is 925. The predicted molar refractivity (Wildman–Crippen MR) is 98.2 cm³/mol. The van der Waals surface area contributed by atoms with Gasteiger partial charge in [-0.2, -0.15) is 18.3 Å². The molecule has 2 aromatic carbocycles. The standard InChI is InChI=1S/C19H16F3N3O4/c1-29-18(28)13-7-5-12(6-8-13)11-23-25-17(27)10-16(26)24-15-4-2-3-14(9-15)19(20,21)22/h2-9,11H,10H2,1H3,(H,24,26)(H,25,27)/b23-11+. The van der Waals surface area contributed by atoms with Gasteiger partial charge >= 0.3 is 12.1 Å². The van der Waals surface area contributed by atoms with Crippen molar-refractivity contribution in [2.45, 2.75) is 12.6 Å². The Hall–Kier alpha value is -3.69. The van der Waals surface area contributed by atoms with Crippen molar-refractivity contribution in [1.29, 1.82) is 0 Å². The second-order valence-electron chi connectivity index (χ2n) is 5.71. The normalized spacial score (nSPS) is 11.2. The van der Waals surface area contributed by atoms with Crippen molar-refractivity contribution in [3.8, 4) is 0 Å². The molecule has 7 nitrogen and oxygen atoms in total. The van der Waals surface area contributed by atoms with E-state index < -0.39 is 35.9 Å². The van der Waals surface area contributed by atoms with Gasteiger partial charge in [0.2, 0.25) is 11.8 Å². The number of alkyl halides is 3. The molecule has 2 rings (SSSR count). The molecule has 0 aromatic heterocycles. The highest BCUT2D eigenvalue weighted by atomic mass is 19.4. The molecule has 2 N–H and O–H groups in total. The first kappa shape index (κ1) is 21.6. The molecule has 0 atom stereocenters. The Morgan fingerprint density at radius 1 is 1.07 bits per heavy atom. The molecule has 0 aliphatic carbocycles. The molecule has 0 saturated carbocycles. The number of ether oxygens (including phenoxy) is 1. The maximum atomic E-state index is 12.7. The molecule has 0 spiro atoms. The lowest BCUT2D eigenvalue weighted by molar-refractivity contribution is -0.137. The third-order valence-electron chi connectivity index (χ3n) is 3.53. The van der Waals surface area contributed by atoms with Crippen LogP contribution in [-0.4, -0.2) is 31.1 Å². The number of hydrazone groups is 1. The number of rotatable bonds is 6. The van der Waals surface area contributed by atoms with Gasteiger partial charge in [-0.3, -0.25) is 9.59 Å². The number of carbonyl (C=O) groups is 3. The summed E-state index contributed by atoms with van der Waals surface area (Å²) in [6.45, 7) is 0. The summed E-state index contributed by atoms with van der Waals surface area (Å²) in [4.78, 5) is 34.8. The Labute approximate surface area is 163 Å². The number of nitrogens with one attached hydrogen (secondary N) is 2. The highest BCUT2D eigenvalue weighted by Crippen LogP contribution is 2.30. The van der Waals surface area contributed by atoms with Crippen molar-refractivity contribution in [2.75, 3.05) is 12.4 Å². The van der Waals surface area contributed by atoms with Crippen LogP contribution in [0.25, 0.3) is 0 Å². The Kier molecular flexibility index (Phi) is 7.07. The monoisotopic (exact) mass is 407 g/mol. The van der Waals surface area contributed by atoms with Crippen molar-refractivity contribution in [2.24, 2.45) is 5.10 Å². The van der Waals surface area contributed by atoms with Crippen LogP contribution in [0.5, 0.6) is 0 Å². The Morgan fingerprint density at radius 2 is 1.76 bits per heavy atom. The van der Waals surface area contributed by atoms with Gasteiger partial charge in [-0.15, -0.1) is 0 Å². The number of amides is 2. The second kappa shape index (κ2) is 9.49. The van der Waals surface area contributed by atoms with Crippen LogP contribution in [0, 0.1) is 0 Å². The number of carbonyl (C=O) groups excluding carboxylic acids is 3. The molecule has 2 amide bonds. The van der Waals surface area contributed by atoms with Crippen LogP contribution < -0.4 is 10.7 Å². The minimum Gasteiger partial charge on any atom is -0.465 e. The van der Waals surface area contributed by atoms with Crippen molar-refractivity contribution >= 4 is 29.7 Å². The van der Waals surface area contributed by atoms with Crippen molar-refractivity contribution < 1.29 is 32.3 Å². The third kappa shape index (κ3) is 6.76. The van der Waals surface area contributed by atoms with Crippen molar-refractivity contribution in [1.82, 2.24) is 5.43 Å². The summed E-state index contributed by atoms with van der Waals surface area (Å²) >= 11 is 0. The quantitative estimate of drug-likeness (QED) is 0.333. The minimum absolute atomic E-state index is 0.0770. The number of methoxy groups -OCH3 is 1. The molecule has 0 unspecified atom stereocenters. The van der Waals surface area contributed by atoms with E-state index in [-0.39, 0.29) is 5.69 Å². The zero-order valence-corrected chi connectivity index (χ0v) is 15.1. The summed E-state index contributed by atoms with van der Waals surface area (Å²) in [5, 5.41) is 5.89. The number of anilines is 1. The highest BCUT2D eigenvalue weighted by Gasteiger charge is 2.30. The lowest BCUT2D eigenvalue weighted by Crippen LogP contribution is -2.24. The Morgan fingerprint density at radius 3 is 2.38 bits per heavy atom. The minimum atomic E-state index is -4.54. The summed E-state index contributed by atoms with van der Waals surface area (Å²) in [6, 6.07) is 10.2. The average molecular weight is 407 g/mol. The van der Waals surface area contributed by atoms with Gasteiger partial charge < -0.3 is 10.1 Å². The predicted octanol–water partition coefficient (Wildman–Crippen LogP) is 2.97. The zero-order chi connectivity index (χ0) is 21.4. The molecule has 2 aromatic rings. The van der Waals surface area contributed by atoms with E-state index in [2.05, 4.69) is 20.6 Å². The molecular weight excluding hydrogens is 391 g/mol. The lowest BCUT2D eigenvalue weighted by Gasteiger charge is -2.09. The van der Waals surface area contributed by atoms with Crippen LogP contribution in [0.3, 0.4) is 0 Å². The van der Waals surface area contributed by atoms with Gasteiger partial charge in [-0.05, 0) is 35.9 Å². The summed E-state index contributed by atoms with van der Waals surface area (Å²) < 4.78 is 42.5. The smallest absolute Gasteiger partial charge is 0.416 e. The van der Waals surface area contributed by atoms with E-state index in [0.717, 1.165) is 18.2 Å². The van der Waals surface area contributed by atoms with E-state index in [9.17, 15) is 27.6 Å². The van der Waals surface area contributed by atoms with Gasteiger partial charge in [0.15, 0.2) is 0 Å². The SMILES string of the molecule is COC(=O)c1ccc(/C=N/NC(=O)CC(=O)Nc2cccc(C(F)(F)F)c2)cc1. The number of benzene rings is 2. The lowest BCUT2D eigenvalue weighted by atomic mass is 10.1. The molecule has 10 heteroatoms. The van der Waals surface area contributed by atoms with E-state index >= 15 is 0 Å². The molecule has 0 radical (unpaired) electrons. The maximum absolute atomic E-state index is 12.7. The maximum Gasteiger partial charge on any atom is 0.416 e. The van der Waals surface area contributed by atoms with Crippen LogP contribution >= 0.6 is 0 Å². The number of halogens is 3. The summed E-state index contributed by atoms with van der Waals surface area (Å²) in [5.74, 6) is -2.04. The van der Waals surface area contributed by atoms with Gasteiger partial charge in [-0.1, -0.05) is 18.2 Å². The largest absolute Gasteiger partial charge is 0.465 e. The summed E-state index contributed by atoms with van der Waals surface area (Å²) in [6.07, 6.45) is -3.87. The summed E-state index contributed by atoms with van der Waals surface area (Å²) in [5.41, 5.74) is 2.06. The molecule has 0 fully saturated rings. The van der Waals surface area contributed by atoms with Crippen LogP contribution in [-0.2, 0) is 20.5 Å². The van der Waals surface area contributed by atoms with E-state index in [1.54, 1.807) is 12.1 Å². The third-order valence-corrected chi connectivity index (χ3v) is 3.53. The zero-order valence-electron chi connectivity index (χ0n) is 15.1. The van der Waals surface area contributed by atoms with Crippen molar-refractivity contribution in [3.63, 3.8) is 0 Å². The Balaban J connectivity index is 1.85. The van der Waals surface area contributed by atoms with Gasteiger partial charge in [0.25, 0.3) is 0 Å². The van der Waals surface area contributed by atoms with Gasteiger partial charge in [0.1, 0.15) is 6.42 Å². The van der Waals surface area contributed by atoms with Crippen molar-refractivity contribution in [3.05, 3.63) is 65.2 Å². The summed E-state index contributed by atoms with van der Waals surface area (Å²) in [7, 11) is 1.26. The van der Waals surface area contributed by atoms with Crippen LogP contribution in [0.4, 0.5) is 18.9 Å². The van der Waals surface area contributed by atoms with Gasteiger partial charge in [-0.25, -0.2) is 10.2 Å². The second-order valence-corrected chi connectivity index (χ2v) is 5.71. The molecule has 0 aliphatic heterocycles. The average Bonchev–Trinajstić information content (AvgIpc) is 2.67. The fourth-order valence-electron chi connectivity index (χ4n) is 2.17. The molecule has 0 bridgehead atoms. The van der Waals surface area contributed by atoms with Crippen LogP contribution in [0.2, 0.25) is 0 Å². The molecule has 29 heavy (non-hydrogen) atoms. The van der Waals surface area contributed by atoms with E-state index in [1.807, 2.05) is 0 Å². The molecular formula is C19H16F3N3O4. The van der Waals surface area contributed by atoms with E-state index in [0.29, 0.717) is 11.1 Å². The van der Waals surface area contributed by atoms with Gasteiger partial charge in [0, 0.05) is 5.69 Å². The number of esters is 1. The first-order chi connectivity index (χ1) is 13.7. The highest BCUT2D eigenvalue weighted by molar-refractivity contribution is 6.03. The number of hydrogen-bond acceptors (Lipinski definition) is 5. The fourth-order valence-corrected chi connectivity index (χ4v) is 2.17. The molecule has 152 valence electrons. The molecule has 0 aliphatic rings. The fraction of sp³-hybridized carbons (Fsp3) is 0.158. The van der Waals surface area contributed by atoms with Crippen LogP contribution in [0.15, 0.2) is 53.6 Å². The number of hydrogen-bond donors (Lipinski definition) is 2. The number of nitrogens with zero attached hydrogens (tertiary/aromatic N) is 1. The van der Waals surface area contributed by atoms with Gasteiger partial charge in [0.05, 0.1) is 24.5 Å².